The Kier molecular flexibility index (Phi) is 6.86. The lowest BCUT2D eigenvalue weighted by Gasteiger charge is -2.15. The van der Waals surface area contributed by atoms with Gasteiger partial charge in [0.1, 0.15) is 12.1 Å². The van der Waals surface area contributed by atoms with Crippen LogP contribution in [0.15, 0.2) is 82.6 Å². The SMILES string of the molecule is CCSc1cccc(-c2cc3cc(C#N)c(C#N)cc3cc2-c2cccc(SCC)c2)c1. The van der Waals surface area contributed by atoms with Gasteiger partial charge in [-0.1, -0.05) is 38.1 Å². The van der Waals surface area contributed by atoms with Crippen LogP contribution in [0.5, 0.6) is 0 Å². The first-order valence-corrected chi connectivity index (χ1v) is 12.5. The van der Waals surface area contributed by atoms with Crippen molar-refractivity contribution in [2.45, 2.75) is 23.6 Å². The fraction of sp³-hybridized carbons (Fsp3) is 0.143. The lowest BCUT2D eigenvalue weighted by molar-refractivity contribution is 1.41. The molecule has 0 aliphatic heterocycles. The number of hydrogen-bond donors (Lipinski definition) is 0. The first-order valence-electron chi connectivity index (χ1n) is 10.5. The van der Waals surface area contributed by atoms with Crippen LogP contribution in [-0.2, 0) is 0 Å². The second-order valence-electron chi connectivity index (χ2n) is 7.29. The van der Waals surface area contributed by atoms with E-state index in [1.54, 1.807) is 0 Å². The summed E-state index contributed by atoms with van der Waals surface area (Å²) in [6, 6.07) is 29.5. The number of hydrogen-bond acceptors (Lipinski definition) is 4. The molecule has 0 radical (unpaired) electrons. The third-order valence-electron chi connectivity index (χ3n) is 5.27. The second kappa shape index (κ2) is 9.96. The predicted molar refractivity (Wildman–Crippen MR) is 137 cm³/mol. The summed E-state index contributed by atoms with van der Waals surface area (Å²) in [5, 5.41) is 20.9. The molecule has 2 nitrogen and oxygen atoms in total. The van der Waals surface area contributed by atoms with E-state index in [9.17, 15) is 10.5 Å². The van der Waals surface area contributed by atoms with Gasteiger partial charge in [-0.25, -0.2) is 0 Å². The van der Waals surface area contributed by atoms with Gasteiger partial charge in [-0.2, -0.15) is 10.5 Å². The van der Waals surface area contributed by atoms with E-state index >= 15 is 0 Å². The molecule has 4 aromatic rings. The number of nitriles is 2. The van der Waals surface area contributed by atoms with Gasteiger partial charge in [-0.15, -0.1) is 23.5 Å². The average Bonchev–Trinajstić information content (AvgIpc) is 2.83. The average molecular weight is 451 g/mol. The van der Waals surface area contributed by atoms with Crippen molar-refractivity contribution in [3.63, 3.8) is 0 Å². The first kappa shape index (κ1) is 22.0. The number of benzene rings is 4. The van der Waals surface area contributed by atoms with Gasteiger partial charge in [0, 0.05) is 9.79 Å². The van der Waals surface area contributed by atoms with Gasteiger partial charge in [0.25, 0.3) is 0 Å². The zero-order valence-electron chi connectivity index (χ0n) is 18.1. The Morgan fingerprint density at radius 2 is 1.06 bits per heavy atom. The molecule has 4 rings (SSSR count). The zero-order chi connectivity index (χ0) is 22.5. The Morgan fingerprint density at radius 1 is 0.625 bits per heavy atom. The second-order valence-corrected chi connectivity index (χ2v) is 9.96. The van der Waals surface area contributed by atoms with Gasteiger partial charge in [-0.05, 0) is 93.1 Å². The van der Waals surface area contributed by atoms with Gasteiger partial charge in [0.2, 0.25) is 0 Å². The molecule has 0 fully saturated rings. The molecule has 0 amide bonds. The maximum atomic E-state index is 9.50. The van der Waals surface area contributed by atoms with E-state index in [1.807, 2.05) is 35.7 Å². The minimum atomic E-state index is 0.412. The highest BCUT2D eigenvalue weighted by Crippen LogP contribution is 2.38. The van der Waals surface area contributed by atoms with E-state index < -0.39 is 0 Å². The third-order valence-corrected chi connectivity index (χ3v) is 7.02. The van der Waals surface area contributed by atoms with Gasteiger partial charge < -0.3 is 0 Å². The Labute approximate surface area is 197 Å². The summed E-state index contributed by atoms with van der Waals surface area (Å²) >= 11 is 3.65. The van der Waals surface area contributed by atoms with Crippen LogP contribution in [-0.4, -0.2) is 11.5 Å². The van der Waals surface area contributed by atoms with Crippen molar-refractivity contribution in [2.24, 2.45) is 0 Å². The number of nitrogens with zero attached hydrogens (tertiary/aromatic N) is 2. The summed E-state index contributed by atoms with van der Waals surface area (Å²) in [5.74, 6) is 2.04. The molecule has 0 aromatic heterocycles. The van der Waals surface area contributed by atoms with Crippen molar-refractivity contribution in [2.75, 3.05) is 11.5 Å². The zero-order valence-corrected chi connectivity index (χ0v) is 19.7. The summed E-state index contributed by atoms with van der Waals surface area (Å²) in [4.78, 5) is 2.48. The predicted octanol–water partition coefficient (Wildman–Crippen LogP) is 8.14. The summed E-state index contributed by atoms with van der Waals surface area (Å²) in [7, 11) is 0. The summed E-state index contributed by atoms with van der Waals surface area (Å²) in [5.41, 5.74) is 5.38. The largest absolute Gasteiger partial charge is 0.192 e. The van der Waals surface area contributed by atoms with E-state index in [1.165, 1.54) is 9.79 Å². The number of thioether (sulfide) groups is 2. The summed E-state index contributed by atoms with van der Waals surface area (Å²) in [6.45, 7) is 4.32. The molecule has 0 spiro atoms. The Morgan fingerprint density at radius 3 is 1.44 bits per heavy atom. The van der Waals surface area contributed by atoms with Crippen LogP contribution < -0.4 is 0 Å². The topological polar surface area (TPSA) is 47.6 Å². The van der Waals surface area contributed by atoms with Crippen LogP contribution >= 0.6 is 23.5 Å². The molecule has 0 saturated heterocycles. The van der Waals surface area contributed by atoms with Crippen molar-refractivity contribution in [1.29, 1.82) is 10.5 Å². The summed E-state index contributed by atoms with van der Waals surface area (Å²) in [6.07, 6.45) is 0. The molecule has 4 aromatic carbocycles. The van der Waals surface area contributed by atoms with E-state index in [2.05, 4.69) is 86.6 Å². The molecule has 0 saturated carbocycles. The lowest BCUT2D eigenvalue weighted by atomic mass is 9.90. The fourth-order valence-electron chi connectivity index (χ4n) is 3.85. The lowest BCUT2D eigenvalue weighted by Crippen LogP contribution is -1.91. The quantitative estimate of drug-likeness (QED) is 0.278. The molecular weight excluding hydrogens is 428 g/mol. The van der Waals surface area contributed by atoms with E-state index in [0.717, 1.165) is 44.5 Å². The van der Waals surface area contributed by atoms with Crippen LogP contribution in [0.4, 0.5) is 0 Å². The smallest absolute Gasteiger partial charge is 0.101 e. The summed E-state index contributed by atoms with van der Waals surface area (Å²) < 4.78 is 0. The molecular formula is C28H22N2S2. The molecule has 4 heteroatoms. The minimum Gasteiger partial charge on any atom is -0.192 e. The highest BCUT2D eigenvalue weighted by atomic mass is 32.2. The molecule has 156 valence electrons. The van der Waals surface area contributed by atoms with Crippen LogP contribution in [0.1, 0.15) is 25.0 Å². The van der Waals surface area contributed by atoms with Crippen molar-refractivity contribution in [3.8, 4) is 34.4 Å². The number of fused-ring (bicyclic) bond motifs is 1. The van der Waals surface area contributed by atoms with Crippen molar-refractivity contribution in [3.05, 3.63) is 83.9 Å². The van der Waals surface area contributed by atoms with Crippen LogP contribution in [0.25, 0.3) is 33.0 Å². The van der Waals surface area contributed by atoms with Crippen LogP contribution in [0.2, 0.25) is 0 Å². The Bertz CT molecular complexity index is 1270. The third kappa shape index (κ3) is 4.53. The number of rotatable bonds is 6. The first-order chi connectivity index (χ1) is 15.7. The Balaban J connectivity index is 2.00. The minimum absolute atomic E-state index is 0.412. The van der Waals surface area contributed by atoms with E-state index in [0.29, 0.717) is 11.1 Å². The van der Waals surface area contributed by atoms with Crippen LogP contribution in [0, 0.1) is 22.7 Å². The van der Waals surface area contributed by atoms with Gasteiger partial charge >= 0.3 is 0 Å². The van der Waals surface area contributed by atoms with Crippen molar-refractivity contribution in [1.82, 2.24) is 0 Å². The van der Waals surface area contributed by atoms with Crippen molar-refractivity contribution < 1.29 is 0 Å². The standard InChI is InChI=1S/C28H22N2S2/c1-3-31-25-9-5-7-19(13-25)27-15-21-11-23(17-29)24(18-30)12-22(21)16-28(27)20-8-6-10-26(14-20)32-4-2/h5-16H,3-4H2,1-2H3. The molecule has 32 heavy (non-hydrogen) atoms. The molecule has 0 N–H and O–H groups in total. The van der Waals surface area contributed by atoms with Gasteiger partial charge in [0.05, 0.1) is 11.1 Å². The maximum Gasteiger partial charge on any atom is 0.101 e. The molecule has 0 heterocycles. The van der Waals surface area contributed by atoms with Gasteiger partial charge in [-0.3, -0.25) is 0 Å². The molecule has 0 bridgehead atoms. The Hall–Kier alpha value is -3.18. The normalized spacial score (nSPS) is 10.6. The molecule has 0 aliphatic carbocycles. The fourth-order valence-corrected chi connectivity index (χ4v) is 5.29. The van der Waals surface area contributed by atoms with E-state index in [-0.39, 0.29) is 0 Å². The monoisotopic (exact) mass is 450 g/mol. The van der Waals surface area contributed by atoms with Gasteiger partial charge in [0.15, 0.2) is 0 Å². The highest BCUT2D eigenvalue weighted by Gasteiger charge is 2.13. The highest BCUT2D eigenvalue weighted by molar-refractivity contribution is 7.99. The van der Waals surface area contributed by atoms with Crippen LogP contribution in [0.3, 0.4) is 0 Å². The van der Waals surface area contributed by atoms with Crippen molar-refractivity contribution >= 4 is 34.3 Å². The molecule has 0 unspecified atom stereocenters. The maximum absolute atomic E-state index is 9.50. The molecule has 0 atom stereocenters. The van der Waals surface area contributed by atoms with E-state index in [4.69, 9.17) is 0 Å². The molecule has 0 aliphatic rings.